The van der Waals surface area contributed by atoms with Crippen molar-refractivity contribution in [2.75, 3.05) is 19.6 Å². The molecular formula is C30H42ClN5O3. The summed E-state index contributed by atoms with van der Waals surface area (Å²) >= 11 is 6.05. The highest BCUT2D eigenvalue weighted by atomic mass is 35.5. The molecule has 1 aromatic heterocycles. The van der Waals surface area contributed by atoms with Crippen molar-refractivity contribution >= 4 is 29.3 Å². The number of imidazole rings is 1. The number of nitrogens with one attached hydrogen (secondary N) is 3. The smallest absolute Gasteiger partial charge is 0.315 e. The summed E-state index contributed by atoms with van der Waals surface area (Å²) in [6, 6.07) is 6.39. The Morgan fingerprint density at radius 2 is 1.74 bits per heavy atom. The van der Waals surface area contributed by atoms with Crippen LogP contribution in [0.4, 0.5) is 4.79 Å². The number of benzene rings is 1. The number of H-pyrrole nitrogens is 1. The van der Waals surface area contributed by atoms with E-state index >= 15 is 0 Å². The van der Waals surface area contributed by atoms with Crippen LogP contribution >= 0.6 is 11.6 Å². The SMILES string of the molecule is CCCC(=O)C1CCC(C2CCN(C(=O)[C@@H](Cc3ccc(Cl)cc3)NC(=O)NCCc3cnc[nH]3)CC2)CC1. The van der Waals surface area contributed by atoms with Crippen LogP contribution in [0.15, 0.2) is 36.8 Å². The average Bonchev–Trinajstić information content (AvgIpc) is 3.47. The molecule has 0 spiro atoms. The average molecular weight is 556 g/mol. The zero-order chi connectivity index (χ0) is 27.6. The topological polar surface area (TPSA) is 107 Å². The highest BCUT2D eigenvalue weighted by Gasteiger charge is 2.34. The Bertz CT molecular complexity index is 1060. The van der Waals surface area contributed by atoms with E-state index in [1.807, 2.05) is 17.0 Å². The number of Topliss-reactive ketones (excluding diaryl/α,β-unsaturated/α-hetero) is 1. The first-order valence-corrected chi connectivity index (χ1v) is 14.9. The number of hydrogen-bond donors (Lipinski definition) is 3. The second-order valence-corrected chi connectivity index (χ2v) is 11.5. The summed E-state index contributed by atoms with van der Waals surface area (Å²) in [7, 11) is 0. The predicted octanol–water partition coefficient (Wildman–Crippen LogP) is 4.93. The van der Waals surface area contributed by atoms with Gasteiger partial charge in [-0.2, -0.15) is 0 Å². The van der Waals surface area contributed by atoms with Gasteiger partial charge in [0.05, 0.1) is 6.33 Å². The van der Waals surface area contributed by atoms with E-state index < -0.39 is 6.04 Å². The standard InChI is InChI=1S/C30H42ClN5O3/c1-2-3-28(37)24-8-6-22(7-9-24)23-13-16-36(17-14-23)29(38)27(18-21-4-10-25(31)11-5-21)35-30(39)33-15-12-26-19-32-20-34-26/h4-5,10-11,19-20,22-24,27H,2-3,6-9,12-18H2,1H3,(H,32,34)(H2,33,35,39)/t22?,24?,27-/m1/s1. The van der Waals surface area contributed by atoms with E-state index in [-0.39, 0.29) is 17.9 Å². The van der Waals surface area contributed by atoms with E-state index in [0.717, 1.165) is 56.2 Å². The molecule has 0 radical (unpaired) electrons. The number of aromatic nitrogens is 2. The monoisotopic (exact) mass is 555 g/mol. The summed E-state index contributed by atoms with van der Waals surface area (Å²) < 4.78 is 0. The second-order valence-electron chi connectivity index (χ2n) is 11.1. The maximum absolute atomic E-state index is 13.6. The lowest BCUT2D eigenvalue weighted by Gasteiger charge is -2.40. The zero-order valence-corrected chi connectivity index (χ0v) is 23.7. The van der Waals surface area contributed by atoms with Crippen molar-refractivity contribution in [1.82, 2.24) is 25.5 Å². The summed E-state index contributed by atoms with van der Waals surface area (Å²) in [5.74, 6) is 1.91. The van der Waals surface area contributed by atoms with Crippen LogP contribution in [0.5, 0.6) is 0 Å². The summed E-state index contributed by atoms with van der Waals surface area (Å²) in [6.07, 6.45) is 12.3. The summed E-state index contributed by atoms with van der Waals surface area (Å²) in [6.45, 7) is 3.92. The molecule has 0 bridgehead atoms. The van der Waals surface area contributed by atoms with Crippen LogP contribution in [-0.2, 0) is 22.4 Å². The molecular weight excluding hydrogens is 514 g/mol. The summed E-state index contributed by atoms with van der Waals surface area (Å²) in [5, 5.41) is 6.42. The summed E-state index contributed by atoms with van der Waals surface area (Å²) in [5.41, 5.74) is 1.88. The van der Waals surface area contributed by atoms with Crippen molar-refractivity contribution in [3.63, 3.8) is 0 Å². The Morgan fingerprint density at radius 3 is 2.38 bits per heavy atom. The predicted molar refractivity (Wildman–Crippen MR) is 152 cm³/mol. The van der Waals surface area contributed by atoms with Crippen LogP contribution in [0.25, 0.3) is 0 Å². The third-order valence-corrected chi connectivity index (χ3v) is 8.68. The fourth-order valence-corrected chi connectivity index (χ4v) is 6.30. The van der Waals surface area contributed by atoms with Gasteiger partial charge in [0.1, 0.15) is 11.8 Å². The maximum atomic E-state index is 13.6. The van der Waals surface area contributed by atoms with Gasteiger partial charge >= 0.3 is 6.03 Å². The van der Waals surface area contributed by atoms with E-state index in [4.69, 9.17) is 11.6 Å². The lowest BCUT2D eigenvalue weighted by atomic mass is 9.71. The molecule has 2 aliphatic rings. The lowest BCUT2D eigenvalue weighted by Crippen LogP contribution is -2.54. The molecule has 1 saturated heterocycles. The third-order valence-electron chi connectivity index (χ3n) is 8.43. The molecule has 2 aromatic rings. The number of piperidine rings is 1. The minimum atomic E-state index is -0.658. The minimum absolute atomic E-state index is 0.0408. The molecule has 1 atom stereocenters. The number of nitrogens with zero attached hydrogens (tertiary/aromatic N) is 2. The van der Waals surface area contributed by atoms with Crippen LogP contribution in [-0.4, -0.2) is 58.3 Å². The number of carbonyl (C=O) groups excluding carboxylic acids is 3. The van der Waals surface area contributed by atoms with E-state index in [2.05, 4.69) is 27.5 Å². The molecule has 1 aromatic carbocycles. The Balaban J connectivity index is 1.29. The highest BCUT2D eigenvalue weighted by Crippen LogP contribution is 2.38. The van der Waals surface area contributed by atoms with E-state index in [1.54, 1.807) is 24.7 Å². The van der Waals surface area contributed by atoms with Crippen LogP contribution in [0.1, 0.15) is 69.5 Å². The number of aromatic amines is 1. The van der Waals surface area contributed by atoms with Crippen molar-refractivity contribution < 1.29 is 14.4 Å². The van der Waals surface area contributed by atoms with E-state index in [9.17, 15) is 14.4 Å². The van der Waals surface area contributed by atoms with Gasteiger partial charge in [-0.3, -0.25) is 9.59 Å². The molecule has 9 heteroatoms. The van der Waals surface area contributed by atoms with E-state index in [0.29, 0.717) is 61.5 Å². The van der Waals surface area contributed by atoms with Gasteiger partial charge in [-0.25, -0.2) is 9.78 Å². The van der Waals surface area contributed by atoms with Gasteiger partial charge < -0.3 is 20.5 Å². The molecule has 4 rings (SSSR count). The van der Waals surface area contributed by atoms with Gasteiger partial charge in [0.25, 0.3) is 0 Å². The Kier molecular flexibility index (Phi) is 10.8. The number of ketones is 1. The number of halogens is 1. The normalized spacial score (nSPS) is 20.8. The molecule has 8 nitrogen and oxygen atoms in total. The van der Waals surface area contributed by atoms with Gasteiger partial charge in [-0.05, 0) is 74.5 Å². The van der Waals surface area contributed by atoms with Crippen molar-refractivity contribution in [1.29, 1.82) is 0 Å². The van der Waals surface area contributed by atoms with Crippen molar-refractivity contribution in [2.24, 2.45) is 17.8 Å². The molecule has 2 heterocycles. The first-order valence-electron chi connectivity index (χ1n) is 14.5. The van der Waals surface area contributed by atoms with Crippen LogP contribution in [0.2, 0.25) is 5.02 Å². The van der Waals surface area contributed by atoms with Gasteiger partial charge in [0.2, 0.25) is 5.91 Å². The number of rotatable bonds is 11. The van der Waals surface area contributed by atoms with Crippen molar-refractivity contribution in [2.45, 2.75) is 77.2 Å². The van der Waals surface area contributed by atoms with Crippen LogP contribution < -0.4 is 10.6 Å². The van der Waals surface area contributed by atoms with Crippen molar-refractivity contribution in [3.05, 3.63) is 53.1 Å². The Hall–Kier alpha value is -2.87. The highest BCUT2D eigenvalue weighted by molar-refractivity contribution is 6.30. The Labute approximate surface area is 236 Å². The number of likely N-dealkylation sites (tertiary alicyclic amines) is 1. The number of carbonyl (C=O) groups is 3. The third kappa shape index (κ3) is 8.56. The molecule has 3 N–H and O–H groups in total. The lowest BCUT2D eigenvalue weighted by molar-refractivity contribution is -0.135. The van der Waals surface area contributed by atoms with Gasteiger partial charge in [0, 0.05) is 61.7 Å². The fourth-order valence-electron chi connectivity index (χ4n) is 6.17. The second kappa shape index (κ2) is 14.5. The van der Waals surface area contributed by atoms with Crippen LogP contribution in [0.3, 0.4) is 0 Å². The van der Waals surface area contributed by atoms with Crippen molar-refractivity contribution in [3.8, 4) is 0 Å². The quantitative estimate of drug-likeness (QED) is 0.365. The van der Waals surface area contributed by atoms with Gasteiger partial charge in [-0.1, -0.05) is 30.7 Å². The molecule has 212 valence electrons. The molecule has 1 aliphatic carbocycles. The Morgan fingerprint density at radius 1 is 1.05 bits per heavy atom. The number of hydrogen-bond acceptors (Lipinski definition) is 4. The molecule has 1 saturated carbocycles. The summed E-state index contributed by atoms with van der Waals surface area (Å²) in [4.78, 5) is 47.6. The molecule has 39 heavy (non-hydrogen) atoms. The number of urea groups is 1. The number of amides is 3. The minimum Gasteiger partial charge on any atom is -0.348 e. The van der Waals surface area contributed by atoms with E-state index in [1.165, 1.54) is 0 Å². The first kappa shape index (κ1) is 29.1. The van der Waals surface area contributed by atoms with Crippen LogP contribution in [0, 0.1) is 17.8 Å². The largest absolute Gasteiger partial charge is 0.348 e. The van der Waals surface area contributed by atoms with Gasteiger partial charge in [0.15, 0.2) is 0 Å². The zero-order valence-electron chi connectivity index (χ0n) is 23.0. The molecule has 2 fully saturated rings. The fraction of sp³-hybridized carbons (Fsp3) is 0.600. The molecule has 3 amide bonds. The molecule has 1 aliphatic heterocycles. The first-order chi connectivity index (χ1) is 18.9. The maximum Gasteiger partial charge on any atom is 0.315 e. The molecule has 0 unspecified atom stereocenters. The van der Waals surface area contributed by atoms with Gasteiger partial charge in [-0.15, -0.1) is 0 Å².